The van der Waals surface area contributed by atoms with Crippen LogP contribution in [-0.2, 0) is 6.54 Å². The van der Waals surface area contributed by atoms with Crippen molar-refractivity contribution in [2.75, 3.05) is 5.75 Å². The Morgan fingerprint density at radius 1 is 1.64 bits per heavy atom. The Kier molecular flexibility index (Phi) is 2.93. The molecule has 0 aliphatic carbocycles. The zero-order valence-electron chi connectivity index (χ0n) is 7.95. The van der Waals surface area contributed by atoms with Crippen molar-refractivity contribution in [2.45, 2.75) is 24.6 Å². The maximum absolute atomic E-state index is 11.3. The first-order valence-electron chi connectivity index (χ1n) is 4.84. The summed E-state index contributed by atoms with van der Waals surface area (Å²) in [6, 6.07) is 1.95. The van der Waals surface area contributed by atoms with E-state index in [9.17, 15) is 4.79 Å². The number of hydrogen-bond acceptors (Lipinski definition) is 3. The van der Waals surface area contributed by atoms with Gasteiger partial charge in [-0.25, -0.2) is 0 Å². The van der Waals surface area contributed by atoms with Gasteiger partial charge in [0.05, 0.1) is 0 Å². The molecule has 0 aromatic carbocycles. The molecular formula is C10H14N2OS. The molecule has 1 aliphatic heterocycles. The van der Waals surface area contributed by atoms with Crippen molar-refractivity contribution in [1.82, 2.24) is 4.98 Å². The van der Waals surface area contributed by atoms with Crippen LogP contribution in [0.3, 0.4) is 0 Å². The minimum absolute atomic E-state index is 0.0563. The van der Waals surface area contributed by atoms with E-state index in [1.165, 1.54) is 24.2 Å². The number of H-pyrrole nitrogens is 1. The first-order valence-corrected chi connectivity index (χ1v) is 5.89. The summed E-state index contributed by atoms with van der Waals surface area (Å²) in [5, 5.41) is 0.553. The fourth-order valence-electron chi connectivity index (χ4n) is 1.73. The maximum atomic E-state index is 11.3. The van der Waals surface area contributed by atoms with Crippen LogP contribution in [0, 0.1) is 0 Å². The standard InChI is InChI=1S/C10H14N2OS/c11-5-7-4-8(6-12-10(7)13)9-2-1-3-14-9/h4,6,9H,1-3,5,11H2,(H,12,13). The minimum atomic E-state index is -0.0563. The number of aromatic amines is 1. The molecule has 14 heavy (non-hydrogen) atoms. The Labute approximate surface area is 87.1 Å². The van der Waals surface area contributed by atoms with E-state index in [2.05, 4.69) is 4.98 Å². The Hall–Kier alpha value is -0.740. The highest BCUT2D eigenvalue weighted by molar-refractivity contribution is 7.99. The molecule has 0 amide bonds. The summed E-state index contributed by atoms with van der Waals surface area (Å²) in [5.74, 6) is 1.22. The summed E-state index contributed by atoms with van der Waals surface area (Å²) < 4.78 is 0. The second kappa shape index (κ2) is 4.19. The van der Waals surface area contributed by atoms with Crippen molar-refractivity contribution in [2.24, 2.45) is 5.73 Å². The first kappa shape index (κ1) is 9.80. The Morgan fingerprint density at radius 2 is 2.50 bits per heavy atom. The summed E-state index contributed by atoms with van der Waals surface area (Å²) in [5.41, 5.74) is 7.34. The van der Waals surface area contributed by atoms with E-state index in [4.69, 9.17) is 5.73 Å². The molecule has 3 nitrogen and oxygen atoms in total. The van der Waals surface area contributed by atoms with Crippen LogP contribution in [0.25, 0.3) is 0 Å². The lowest BCUT2D eigenvalue weighted by Crippen LogP contribution is -2.16. The van der Waals surface area contributed by atoms with Crippen LogP contribution in [0.2, 0.25) is 0 Å². The third kappa shape index (κ3) is 1.86. The van der Waals surface area contributed by atoms with E-state index in [1.807, 2.05) is 24.0 Å². The van der Waals surface area contributed by atoms with Crippen molar-refractivity contribution in [3.63, 3.8) is 0 Å². The minimum Gasteiger partial charge on any atom is -0.329 e. The number of aromatic nitrogens is 1. The SMILES string of the molecule is NCc1cc(C2CCCS2)c[nH]c1=O. The van der Waals surface area contributed by atoms with Gasteiger partial charge in [-0.15, -0.1) is 0 Å². The van der Waals surface area contributed by atoms with Crippen molar-refractivity contribution < 1.29 is 0 Å². The maximum Gasteiger partial charge on any atom is 0.252 e. The molecule has 2 heterocycles. The number of rotatable bonds is 2. The topological polar surface area (TPSA) is 58.9 Å². The van der Waals surface area contributed by atoms with Gasteiger partial charge in [-0.3, -0.25) is 4.79 Å². The molecule has 1 saturated heterocycles. The molecular weight excluding hydrogens is 196 g/mol. The number of thioether (sulfide) groups is 1. The summed E-state index contributed by atoms with van der Waals surface area (Å²) in [7, 11) is 0. The van der Waals surface area contributed by atoms with Gasteiger partial charge in [0.15, 0.2) is 0 Å². The largest absolute Gasteiger partial charge is 0.329 e. The predicted molar refractivity (Wildman–Crippen MR) is 59.4 cm³/mol. The van der Waals surface area contributed by atoms with Crippen LogP contribution in [0.1, 0.15) is 29.2 Å². The molecule has 1 aromatic heterocycles. The second-order valence-electron chi connectivity index (χ2n) is 3.49. The zero-order valence-corrected chi connectivity index (χ0v) is 8.77. The molecule has 76 valence electrons. The molecule has 1 fully saturated rings. The van der Waals surface area contributed by atoms with Crippen LogP contribution >= 0.6 is 11.8 Å². The molecule has 1 aromatic rings. The van der Waals surface area contributed by atoms with Crippen molar-refractivity contribution >= 4 is 11.8 Å². The molecule has 4 heteroatoms. The lowest BCUT2D eigenvalue weighted by Gasteiger charge is -2.09. The molecule has 0 radical (unpaired) electrons. The highest BCUT2D eigenvalue weighted by Gasteiger charge is 2.18. The third-order valence-electron chi connectivity index (χ3n) is 2.52. The molecule has 2 rings (SSSR count). The number of hydrogen-bond donors (Lipinski definition) is 2. The van der Waals surface area contributed by atoms with Gasteiger partial charge >= 0.3 is 0 Å². The van der Waals surface area contributed by atoms with E-state index in [0.29, 0.717) is 17.4 Å². The summed E-state index contributed by atoms with van der Waals surface area (Å²) in [4.78, 5) is 14.0. The normalized spacial score (nSPS) is 21.4. The van der Waals surface area contributed by atoms with Crippen molar-refractivity contribution in [3.05, 3.63) is 33.7 Å². The fraction of sp³-hybridized carbons (Fsp3) is 0.500. The van der Waals surface area contributed by atoms with Crippen LogP contribution in [0.15, 0.2) is 17.1 Å². The molecule has 1 aliphatic rings. The zero-order chi connectivity index (χ0) is 9.97. The molecule has 1 atom stereocenters. The van der Waals surface area contributed by atoms with E-state index in [-0.39, 0.29) is 5.56 Å². The van der Waals surface area contributed by atoms with E-state index in [0.717, 1.165) is 0 Å². The Balaban J connectivity index is 2.30. The Morgan fingerprint density at radius 3 is 3.14 bits per heavy atom. The van der Waals surface area contributed by atoms with Gasteiger partial charge in [0.25, 0.3) is 5.56 Å². The van der Waals surface area contributed by atoms with Gasteiger partial charge in [-0.1, -0.05) is 0 Å². The lowest BCUT2D eigenvalue weighted by atomic mass is 10.1. The second-order valence-corrected chi connectivity index (χ2v) is 4.80. The van der Waals surface area contributed by atoms with Crippen LogP contribution in [0.5, 0.6) is 0 Å². The molecule has 3 N–H and O–H groups in total. The van der Waals surface area contributed by atoms with Gasteiger partial charge in [0.1, 0.15) is 0 Å². The number of pyridine rings is 1. The highest BCUT2D eigenvalue weighted by Crippen LogP contribution is 2.39. The predicted octanol–water partition coefficient (Wildman–Crippen LogP) is 1.40. The van der Waals surface area contributed by atoms with Gasteiger partial charge in [-0.2, -0.15) is 11.8 Å². The van der Waals surface area contributed by atoms with Crippen molar-refractivity contribution in [3.8, 4) is 0 Å². The van der Waals surface area contributed by atoms with E-state index < -0.39 is 0 Å². The van der Waals surface area contributed by atoms with Gasteiger partial charge < -0.3 is 10.7 Å². The van der Waals surface area contributed by atoms with Crippen molar-refractivity contribution in [1.29, 1.82) is 0 Å². The van der Waals surface area contributed by atoms with Crippen LogP contribution in [0.4, 0.5) is 0 Å². The van der Waals surface area contributed by atoms with E-state index in [1.54, 1.807) is 0 Å². The van der Waals surface area contributed by atoms with Gasteiger partial charge in [0.2, 0.25) is 0 Å². The van der Waals surface area contributed by atoms with Crippen LogP contribution < -0.4 is 11.3 Å². The van der Waals surface area contributed by atoms with Gasteiger partial charge in [-0.05, 0) is 30.2 Å². The Bertz CT molecular complexity index is 369. The number of nitrogens with one attached hydrogen (secondary N) is 1. The van der Waals surface area contributed by atoms with Gasteiger partial charge in [0, 0.05) is 23.6 Å². The summed E-state index contributed by atoms with van der Waals surface area (Å²) in [6.45, 7) is 0.320. The summed E-state index contributed by atoms with van der Waals surface area (Å²) >= 11 is 1.96. The number of nitrogens with two attached hydrogens (primary N) is 1. The summed E-state index contributed by atoms with van der Waals surface area (Å²) in [6.07, 6.45) is 4.30. The highest BCUT2D eigenvalue weighted by atomic mass is 32.2. The monoisotopic (exact) mass is 210 g/mol. The third-order valence-corrected chi connectivity index (χ3v) is 3.96. The lowest BCUT2D eigenvalue weighted by molar-refractivity contribution is 0.820. The van der Waals surface area contributed by atoms with Crippen LogP contribution in [-0.4, -0.2) is 10.7 Å². The van der Waals surface area contributed by atoms with E-state index >= 15 is 0 Å². The first-order chi connectivity index (χ1) is 6.81. The fourth-order valence-corrected chi connectivity index (χ4v) is 3.01. The average Bonchev–Trinajstić information content (AvgIpc) is 2.71. The molecule has 0 saturated carbocycles. The quantitative estimate of drug-likeness (QED) is 0.775. The average molecular weight is 210 g/mol. The molecule has 0 spiro atoms. The molecule has 1 unspecified atom stereocenters. The molecule has 0 bridgehead atoms. The smallest absolute Gasteiger partial charge is 0.252 e.